The van der Waals surface area contributed by atoms with Gasteiger partial charge in [0.1, 0.15) is 0 Å². The van der Waals surface area contributed by atoms with E-state index < -0.39 is 0 Å². The maximum atomic E-state index is 5.88. The highest BCUT2D eigenvalue weighted by molar-refractivity contribution is 6.32. The molecule has 0 saturated carbocycles. The lowest BCUT2D eigenvalue weighted by Gasteiger charge is -2.00. The van der Waals surface area contributed by atoms with Gasteiger partial charge in [0.25, 0.3) is 0 Å². The molecule has 0 bridgehead atoms. The summed E-state index contributed by atoms with van der Waals surface area (Å²) in [6.07, 6.45) is 1.72. The number of nitrogens with two attached hydrogens (primary N) is 1. The standard InChI is InChI=1S/C9H10ClN/c1-2-8-4-3-7(6-11)5-9(8)10/h2-5H,1,6,11H2. The Balaban J connectivity index is 3.09. The predicted octanol–water partition coefficient (Wildman–Crippen LogP) is 2.44. The van der Waals surface area contributed by atoms with Gasteiger partial charge in [-0.05, 0) is 17.2 Å². The van der Waals surface area contributed by atoms with E-state index in [-0.39, 0.29) is 0 Å². The Labute approximate surface area is 71.5 Å². The SMILES string of the molecule is C=Cc1ccc(CN)cc1Cl. The fraction of sp³-hybridized carbons (Fsp3) is 0.111. The number of rotatable bonds is 2. The summed E-state index contributed by atoms with van der Waals surface area (Å²) in [4.78, 5) is 0. The Hall–Kier alpha value is -0.790. The zero-order chi connectivity index (χ0) is 8.27. The van der Waals surface area contributed by atoms with Gasteiger partial charge in [-0.15, -0.1) is 0 Å². The van der Waals surface area contributed by atoms with Crippen molar-refractivity contribution < 1.29 is 0 Å². The second kappa shape index (κ2) is 3.56. The molecule has 1 rings (SSSR count). The van der Waals surface area contributed by atoms with Crippen LogP contribution in [0.2, 0.25) is 5.02 Å². The minimum absolute atomic E-state index is 0.525. The van der Waals surface area contributed by atoms with Gasteiger partial charge < -0.3 is 5.73 Å². The first-order valence-corrected chi connectivity index (χ1v) is 3.76. The third-order valence-corrected chi connectivity index (χ3v) is 1.85. The maximum absolute atomic E-state index is 5.88. The molecule has 0 saturated heterocycles. The van der Waals surface area contributed by atoms with Gasteiger partial charge in [-0.1, -0.05) is 36.4 Å². The van der Waals surface area contributed by atoms with Crippen LogP contribution in [-0.4, -0.2) is 0 Å². The molecule has 1 aromatic rings. The fourth-order valence-corrected chi connectivity index (χ4v) is 1.14. The number of hydrogen-bond donors (Lipinski definition) is 1. The van der Waals surface area contributed by atoms with Crippen LogP contribution in [0.1, 0.15) is 11.1 Å². The van der Waals surface area contributed by atoms with Gasteiger partial charge >= 0.3 is 0 Å². The predicted molar refractivity (Wildman–Crippen MR) is 49.4 cm³/mol. The van der Waals surface area contributed by atoms with Gasteiger partial charge in [0.05, 0.1) is 0 Å². The molecule has 0 fully saturated rings. The van der Waals surface area contributed by atoms with Crippen LogP contribution in [0.4, 0.5) is 0 Å². The van der Waals surface area contributed by atoms with Crippen molar-refractivity contribution in [3.63, 3.8) is 0 Å². The Morgan fingerprint density at radius 2 is 2.27 bits per heavy atom. The summed E-state index contributed by atoms with van der Waals surface area (Å²) in [7, 11) is 0. The summed E-state index contributed by atoms with van der Waals surface area (Å²) in [5, 5.41) is 0.711. The molecule has 58 valence electrons. The first kappa shape index (κ1) is 8.31. The van der Waals surface area contributed by atoms with Crippen LogP contribution in [0.25, 0.3) is 6.08 Å². The average molecular weight is 168 g/mol. The van der Waals surface area contributed by atoms with Crippen molar-refractivity contribution in [1.82, 2.24) is 0 Å². The van der Waals surface area contributed by atoms with Crippen LogP contribution < -0.4 is 5.73 Å². The van der Waals surface area contributed by atoms with Crippen molar-refractivity contribution >= 4 is 17.7 Å². The summed E-state index contributed by atoms with van der Waals surface area (Å²) >= 11 is 5.88. The van der Waals surface area contributed by atoms with E-state index in [1.807, 2.05) is 18.2 Å². The quantitative estimate of drug-likeness (QED) is 0.720. The van der Waals surface area contributed by atoms with Crippen LogP contribution in [0.5, 0.6) is 0 Å². The first-order chi connectivity index (χ1) is 5.27. The van der Waals surface area contributed by atoms with Crippen LogP contribution in [0.15, 0.2) is 24.8 Å². The van der Waals surface area contributed by atoms with E-state index in [0.29, 0.717) is 11.6 Å². The van der Waals surface area contributed by atoms with Crippen molar-refractivity contribution in [2.75, 3.05) is 0 Å². The third-order valence-electron chi connectivity index (χ3n) is 1.52. The van der Waals surface area contributed by atoms with E-state index in [1.165, 1.54) is 0 Å². The van der Waals surface area contributed by atoms with Crippen molar-refractivity contribution in [2.45, 2.75) is 6.54 Å². The zero-order valence-corrected chi connectivity index (χ0v) is 6.93. The zero-order valence-electron chi connectivity index (χ0n) is 6.18. The van der Waals surface area contributed by atoms with Gasteiger partial charge in [-0.3, -0.25) is 0 Å². The first-order valence-electron chi connectivity index (χ1n) is 3.39. The summed E-state index contributed by atoms with van der Waals surface area (Å²) in [5.74, 6) is 0. The van der Waals surface area contributed by atoms with Crippen molar-refractivity contribution in [1.29, 1.82) is 0 Å². The van der Waals surface area contributed by atoms with Crippen LogP contribution in [0, 0.1) is 0 Å². The lowest BCUT2D eigenvalue weighted by molar-refractivity contribution is 1.07. The summed E-state index contributed by atoms with van der Waals surface area (Å²) in [5.41, 5.74) is 7.42. The van der Waals surface area contributed by atoms with Crippen molar-refractivity contribution in [3.05, 3.63) is 40.9 Å². The molecule has 11 heavy (non-hydrogen) atoms. The number of benzene rings is 1. The van der Waals surface area contributed by atoms with Crippen LogP contribution >= 0.6 is 11.6 Å². The smallest absolute Gasteiger partial charge is 0.0481 e. The summed E-state index contributed by atoms with van der Waals surface area (Å²) < 4.78 is 0. The number of hydrogen-bond acceptors (Lipinski definition) is 1. The van der Waals surface area contributed by atoms with Gasteiger partial charge in [0.2, 0.25) is 0 Å². The molecular weight excluding hydrogens is 158 g/mol. The average Bonchev–Trinajstić information content (AvgIpc) is 2.04. The van der Waals surface area contributed by atoms with Gasteiger partial charge in [-0.2, -0.15) is 0 Å². The molecule has 1 nitrogen and oxygen atoms in total. The molecule has 0 amide bonds. The largest absolute Gasteiger partial charge is 0.326 e. The molecule has 2 heteroatoms. The molecule has 0 spiro atoms. The lowest BCUT2D eigenvalue weighted by atomic mass is 10.1. The van der Waals surface area contributed by atoms with Gasteiger partial charge in [0, 0.05) is 11.6 Å². The molecule has 0 aliphatic heterocycles. The van der Waals surface area contributed by atoms with Crippen molar-refractivity contribution in [3.8, 4) is 0 Å². The van der Waals surface area contributed by atoms with E-state index in [2.05, 4.69) is 6.58 Å². The van der Waals surface area contributed by atoms with Crippen LogP contribution in [0.3, 0.4) is 0 Å². The highest BCUT2D eigenvalue weighted by Crippen LogP contribution is 2.18. The highest BCUT2D eigenvalue weighted by Gasteiger charge is 1.96. The molecule has 0 radical (unpaired) electrons. The lowest BCUT2D eigenvalue weighted by Crippen LogP contribution is -1.95. The van der Waals surface area contributed by atoms with Crippen molar-refractivity contribution in [2.24, 2.45) is 5.73 Å². The molecular formula is C9H10ClN. The molecule has 0 atom stereocenters. The Kier molecular flexibility index (Phi) is 2.69. The van der Waals surface area contributed by atoms with E-state index in [1.54, 1.807) is 6.08 Å². The maximum Gasteiger partial charge on any atom is 0.0481 e. The Morgan fingerprint density at radius 3 is 2.73 bits per heavy atom. The van der Waals surface area contributed by atoms with E-state index in [9.17, 15) is 0 Å². The molecule has 0 aromatic heterocycles. The Bertz CT molecular complexity index is 268. The van der Waals surface area contributed by atoms with E-state index in [0.717, 1.165) is 11.1 Å². The van der Waals surface area contributed by atoms with E-state index in [4.69, 9.17) is 17.3 Å². The third kappa shape index (κ3) is 1.82. The monoisotopic (exact) mass is 167 g/mol. The molecule has 0 aliphatic rings. The molecule has 2 N–H and O–H groups in total. The molecule has 0 heterocycles. The Morgan fingerprint density at radius 1 is 1.55 bits per heavy atom. The second-order valence-electron chi connectivity index (χ2n) is 2.26. The minimum Gasteiger partial charge on any atom is -0.326 e. The topological polar surface area (TPSA) is 26.0 Å². The van der Waals surface area contributed by atoms with Gasteiger partial charge in [-0.25, -0.2) is 0 Å². The second-order valence-corrected chi connectivity index (χ2v) is 2.67. The summed E-state index contributed by atoms with van der Waals surface area (Å²) in [6, 6.07) is 5.72. The normalized spacial score (nSPS) is 9.64. The van der Waals surface area contributed by atoms with E-state index >= 15 is 0 Å². The molecule has 0 unspecified atom stereocenters. The summed E-state index contributed by atoms with van der Waals surface area (Å²) in [6.45, 7) is 4.16. The minimum atomic E-state index is 0.525. The van der Waals surface area contributed by atoms with Crippen LogP contribution in [-0.2, 0) is 6.54 Å². The highest BCUT2D eigenvalue weighted by atomic mass is 35.5. The fourth-order valence-electron chi connectivity index (χ4n) is 0.863. The van der Waals surface area contributed by atoms with Gasteiger partial charge in [0.15, 0.2) is 0 Å². The molecule has 1 aromatic carbocycles. The number of halogens is 1. The molecule has 0 aliphatic carbocycles.